The van der Waals surface area contributed by atoms with E-state index in [9.17, 15) is 15.0 Å². The van der Waals surface area contributed by atoms with Gasteiger partial charge in [-0.2, -0.15) is 0 Å². The first-order valence-electron chi connectivity index (χ1n) is 7.58. The van der Waals surface area contributed by atoms with Crippen molar-refractivity contribution in [1.82, 2.24) is 20.2 Å². The second-order valence-electron chi connectivity index (χ2n) is 6.30. The van der Waals surface area contributed by atoms with E-state index in [0.717, 1.165) is 6.54 Å². The third-order valence-electron chi connectivity index (χ3n) is 3.89. The van der Waals surface area contributed by atoms with Crippen molar-refractivity contribution in [3.8, 4) is 0 Å². The summed E-state index contributed by atoms with van der Waals surface area (Å²) < 4.78 is 0. The van der Waals surface area contributed by atoms with Crippen LogP contribution in [0.25, 0.3) is 0 Å². The number of amides is 1. The first-order chi connectivity index (χ1) is 10.4. The predicted octanol–water partition coefficient (Wildman–Crippen LogP) is -0.340. The highest BCUT2D eigenvalue weighted by Crippen LogP contribution is 2.22. The number of aromatic nitrogens is 2. The molecule has 0 spiro atoms. The predicted molar refractivity (Wildman–Crippen MR) is 81.2 cm³/mol. The average molecular weight is 308 g/mol. The second-order valence-corrected chi connectivity index (χ2v) is 6.30. The zero-order chi connectivity index (χ0) is 16.2. The minimum absolute atomic E-state index is 0.000900. The molecule has 22 heavy (non-hydrogen) atoms. The molecule has 0 unspecified atom stereocenters. The van der Waals surface area contributed by atoms with Crippen molar-refractivity contribution in [2.45, 2.75) is 32.0 Å². The molecule has 2 atom stereocenters. The minimum atomic E-state index is -1.30. The van der Waals surface area contributed by atoms with Gasteiger partial charge in [0.15, 0.2) is 0 Å². The summed E-state index contributed by atoms with van der Waals surface area (Å²) in [5.74, 6) is 0.105. The molecule has 0 aromatic carbocycles. The van der Waals surface area contributed by atoms with Crippen LogP contribution in [0, 0.1) is 5.92 Å². The third kappa shape index (κ3) is 4.22. The van der Waals surface area contributed by atoms with Gasteiger partial charge in [0.25, 0.3) is 5.91 Å². The van der Waals surface area contributed by atoms with Crippen molar-refractivity contribution in [2.75, 3.05) is 26.2 Å². The van der Waals surface area contributed by atoms with Crippen LogP contribution >= 0.6 is 0 Å². The Bertz CT molecular complexity index is 497. The fourth-order valence-corrected chi connectivity index (χ4v) is 2.65. The first-order valence-corrected chi connectivity index (χ1v) is 7.58. The molecular weight excluding hydrogens is 284 g/mol. The van der Waals surface area contributed by atoms with Crippen LogP contribution in [0.2, 0.25) is 0 Å². The average Bonchev–Trinajstić information content (AvgIpc) is 2.49. The summed E-state index contributed by atoms with van der Waals surface area (Å²) in [6.45, 7) is 6.24. The number of rotatable bonds is 5. The van der Waals surface area contributed by atoms with E-state index in [4.69, 9.17) is 0 Å². The molecule has 1 aromatic heterocycles. The molecule has 1 saturated heterocycles. The van der Waals surface area contributed by atoms with E-state index in [2.05, 4.69) is 34.0 Å². The highest BCUT2D eigenvalue weighted by atomic mass is 16.3. The number of carbonyl (C=O) groups excluding carboxylic acids is 1. The lowest BCUT2D eigenvalue weighted by Crippen LogP contribution is -2.60. The number of nitrogens with zero attached hydrogens (tertiary/aromatic N) is 3. The second kappa shape index (κ2) is 7.13. The molecule has 1 amide bonds. The van der Waals surface area contributed by atoms with Crippen LogP contribution in [0.5, 0.6) is 0 Å². The molecule has 7 heteroatoms. The number of nitrogens with one attached hydrogen (secondary N) is 1. The number of carbonyl (C=O) groups is 1. The lowest BCUT2D eigenvalue weighted by atomic mass is 9.88. The summed E-state index contributed by atoms with van der Waals surface area (Å²) >= 11 is 0. The molecule has 3 N–H and O–H groups in total. The van der Waals surface area contributed by atoms with E-state index >= 15 is 0 Å². The van der Waals surface area contributed by atoms with Crippen molar-refractivity contribution in [2.24, 2.45) is 5.92 Å². The fraction of sp³-hybridized carbons (Fsp3) is 0.667. The molecular formula is C15H24N4O3. The topological polar surface area (TPSA) is 98.6 Å². The largest absolute Gasteiger partial charge is 0.389 e. The van der Waals surface area contributed by atoms with Crippen molar-refractivity contribution in [3.63, 3.8) is 0 Å². The van der Waals surface area contributed by atoms with E-state index in [-0.39, 0.29) is 12.2 Å². The van der Waals surface area contributed by atoms with Crippen LogP contribution in [0.3, 0.4) is 0 Å². The van der Waals surface area contributed by atoms with Crippen molar-refractivity contribution >= 4 is 5.91 Å². The Labute approximate surface area is 130 Å². The van der Waals surface area contributed by atoms with Gasteiger partial charge in [-0.25, -0.2) is 4.98 Å². The molecule has 7 nitrogen and oxygen atoms in total. The Morgan fingerprint density at radius 2 is 2.32 bits per heavy atom. The first kappa shape index (κ1) is 16.8. The van der Waals surface area contributed by atoms with Gasteiger partial charge in [0, 0.05) is 38.6 Å². The lowest BCUT2D eigenvalue weighted by molar-refractivity contribution is -0.116. The van der Waals surface area contributed by atoms with Gasteiger partial charge < -0.3 is 20.4 Å². The molecule has 1 aliphatic heterocycles. The molecule has 2 rings (SSSR count). The fourth-order valence-electron chi connectivity index (χ4n) is 2.65. The molecule has 1 aliphatic rings. The molecule has 0 bridgehead atoms. The number of hydrogen-bond donors (Lipinski definition) is 3. The van der Waals surface area contributed by atoms with Gasteiger partial charge in [0.2, 0.25) is 0 Å². The van der Waals surface area contributed by atoms with Gasteiger partial charge in [-0.15, -0.1) is 0 Å². The van der Waals surface area contributed by atoms with Crippen LogP contribution < -0.4 is 5.32 Å². The summed E-state index contributed by atoms with van der Waals surface area (Å²) in [4.78, 5) is 21.8. The van der Waals surface area contributed by atoms with Crippen molar-refractivity contribution in [3.05, 3.63) is 24.3 Å². The minimum Gasteiger partial charge on any atom is -0.389 e. The smallest absolute Gasteiger partial charge is 0.271 e. The number of aliphatic hydroxyl groups is 2. The highest BCUT2D eigenvalue weighted by Gasteiger charge is 2.40. The van der Waals surface area contributed by atoms with E-state index < -0.39 is 17.6 Å². The number of likely N-dealkylation sites (tertiary alicyclic amines) is 1. The third-order valence-corrected chi connectivity index (χ3v) is 3.89. The summed E-state index contributed by atoms with van der Waals surface area (Å²) in [6.07, 6.45) is 3.81. The summed E-state index contributed by atoms with van der Waals surface area (Å²) in [5, 5.41) is 23.4. The molecule has 0 aliphatic carbocycles. The van der Waals surface area contributed by atoms with Gasteiger partial charge in [0.1, 0.15) is 11.3 Å². The van der Waals surface area contributed by atoms with Crippen LogP contribution in [0.1, 0.15) is 30.8 Å². The van der Waals surface area contributed by atoms with Crippen LogP contribution in [-0.2, 0) is 0 Å². The zero-order valence-electron chi connectivity index (χ0n) is 13.1. The Morgan fingerprint density at radius 3 is 2.91 bits per heavy atom. The molecule has 2 heterocycles. The molecule has 0 saturated carbocycles. The SMILES string of the molecule is CC(C)CN1CC[C@@](O)(CNC(=O)c2cnccn2)[C@H](O)C1. The maximum Gasteiger partial charge on any atom is 0.271 e. The lowest BCUT2D eigenvalue weighted by Gasteiger charge is -2.42. The van der Waals surface area contributed by atoms with E-state index in [1.165, 1.54) is 18.6 Å². The number of hydrogen-bond acceptors (Lipinski definition) is 6. The molecule has 1 fully saturated rings. The van der Waals surface area contributed by atoms with Gasteiger partial charge >= 0.3 is 0 Å². The van der Waals surface area contributed by atoms with Crippen LogP contribution in [0.4, 0.5) is 0 Å². The van der Waals surface area contributed by atoms with Gasteiger partial charge in [-0.3, -0.25) is 9.78 Å². The van der Waals surface area contributed by atoms with Crippen molar-refractivity contribution in [1.29, 1.82) is 0 Å². The summed E-state index contributed by atoms with van der Waals surface area (Å²) in [6, 6.07) is 0. The Hall–Kier alpha value is -1.57. The van der Waals surface area contributed by atoms with Crippen molar-refractivity contribution < 1.29 is 15.0 Å². The van der Waals surface area contributed by atoms with E-state index in [0.29, 0.717) is 25.4 Å². The summed E-state index contributed by atoms with van der Waals surface area (Å²) in [7, 11) is 0. The monoisotopic (exact) mass is 308 g/mol. The Kier molecular flexibility index (Phi) is 5.44. The molecule has 122 valence electrons. The Morgan fingerprint density at radius 1 is 1.55 bits per heavy atom. The number of piperidine rings is 1. The zero-order valence-corrected chi connectivity index (χ0v) is 13.1. The number of β-amino-alcohol motifs (C(OH)–C–C–N with tert-alkyl or cyclic N) is 1. The Balaban J connectivity index is 1.88. The van der Waals surface area contributed by atoms with Crippen LogP contribution in [0.15, 0.2) is 18.6 Å². The van der Waals surface area contributed by atoms with Gasteiger partial charge in [-0.05, 0) is 12.3 Å². The number of aliphatic hydroxyl groups excluding tert-OH is 1. The van der Waals surface area contributed by atoms with Gasteiger partial charge in [0.05, 0.1) is 12.3 Å². The van der Waals surface area contributed by atoms with E-state index in [1.807, 2.05) is 0 Å². The van der Waals surface area contributed by atoms with Crippen LogP contribution in [-0.4, -0.2) is 68.9 Å². The molecule has 0 radical (unpaired) electrons. The van der Waals surface area contributed by atoms with E-state index in [1.54, 1.807) is 0 Å². The normalized spacial score (nSPS) is 26.1. The maximum atomic E-state index is 11.9. The highest BCUT2D eigenvalue weighted by molar-refractivity contribution is 5.91. The standard InChI is InChI=1S/C15H24N4O3/c1-11(2)8-19-6-3-15(22,13(20)9-19)10-18-14(21)12-7-16-4-5-17-12/h4-5,7,11,13,20,22H,3,6,8-10H2,1-2H3,(H,18,21)/t13-,15-/m1/s1. The summed E-state index contributed by atoms with van der Waals surface area (Å²) in [5.41, 5.74) is -1.11. The van der Waals surface area contributed by atoms with Gasteiger partial charge in [-0.1, -0.05) is 13.8 Å². The quantitative estimate of drug-likeness (QED) is 0.688. The molecule has 1 aromatic rings. The maximum absolute atomic E-state index is 11.9.